The minimum atomic E-state index is -0.171. The number of aromatic nitrogens is 2. The molecular weight excluding hydrogens is 278 g/mol. The number of hydrogen-bond acceptors (Lipinski definition) is 5. The van der Waals surface area contributed by atoms with Gasteiger partial charge in [-0.05, 0) is 12.8 Å². The van der Waals surface area contributed by atoms with Crippen molar-refractivity contribution in [1.82, 2.24) is 9.97 Å². The second-order valence-electron chi connectivity index (χ2n) is 5.56. The summed E-state index contributed by atoms with van der Waals surface area (Å²) in [6, 6.07) is 1.77. The molecule has 2 fully saturated rings. The van der Waals surface area contributed by atoms with Crippen molar-refractivity contribution >= 4 is 17.4 Å². The zero-order valence-electron chi connectivity index (χ0n) is 11.7. The molecule has 1 saturated heterocycles. The smallest absolute Gasteiger partial charge is 0.135 e. The number of halogens is 1. The highest BCUT2D eigenvalue weighted by atomic mass is 35.5. The molecule has 1 aromatic rings. The van der Waals surface area contributed by atoms with Crippen molar-refractivity contribution in [3.63, 3.8) is 0 Å². The van der Waals surface area contributed by atoms with Crippen molar-refractivity contribution < 1.29 is 9.47 Å². The lowest BCUT2D eigenvalue weighted by Gasteiger charge is -2.36. The Hall–Kier alpha value is -0.910. The van der Waals surface area contributed by atoms with Crippen molar-refractivity contribution in [2.45, 2.75) is 37.2 Å². The molecule has 0 bridgehead atoms. The summed E-state index contributed by atoms with van der Waals surface area (Å²) in [5.74, 6) is 2.14. The first-order valence-corrected chi connectivity index (χ1v) is 7.50. The van der Waals surface area contributed by atoms with Gasteiger partial charge in [-0.2, -0.15) is 0 Å². The average Bonchev–Trinajstić information content (AvgIpc) is 3.30. The van der Waals surface area contributed by atoms with Crippen molar-refractivity contribution in [2.75, 3.05) is 32.2 Å². The molecule has 1 saturated carbocycles. The summed E-state index contributed by atoms with van der Waals surface area (Å²) < 4.78 is 11.1. The van der Waals surface area contributed by atoms with E-state index in [0.717, 1.165) is 37.7 Å². The fraction of sp³-hybridized carbons (Fsp3) is 0.714. The fourth-order valence-electron chi connectivity index (χ4n) is 2.50. The van der Waals surface area contributed by atoms with Crippen molar-refractivity contribution in [3.05, 3.63) is 17.0 Å². The Morgan fingerprint density at radius 2 is 2.15 bits per heavy atom. The summed E-state index contributed by atoms with van der Waals surface area (Å²) in [6.07, 6.45) is 4.12. The summed E-state index contributed by atoms with van der Waals surface area (Å²) in [5, 5.41) is 3.86. The summed E-state index contributed by atoms with van der Waals surface area (Å²) in [6.45, 7) is 2.20. The van der Waals surface area contributed by atoms with E-state index in [4.69, 9.17) is 21.1 Å². The second kappa shape index (κ2) is 5.84. The van der Waals surface area contributed by atoms with Gasteiger partial charge in [0.25, 0.3) is 0 Å². The van der Waals surface area contributed by atoms with E-state index in [1.807, 2.05) is 0 Å². The summed E-state index contributed by atoms with van der Waals surface area (Å²) in [7, 11) is 1.76. The van der Waals surface area contributed by atoms with E-state index >= 15 is 0 Å². The van der Waals surface area contributed by atoms with Gasteiger partial charge in [0.2, 0.25) is 0 Å². The minimum Gasteiger partial charge on any atom is -0.381 e. The van der Waals surface area contributed by atoms with Gasteiger partial charge in [0, 0.05) is 51.7 Å². The molecule has 0 radical (unpaired) electrons. The molecule has 0 unspecified atom stereocenters. The van der Waals surface area contributed by atoms with E-state index in [9.17, 15) is 0 Å². The van der Waals surface area contributed by atoms with Gasteiger partial charge in [-0.25, -0.2) is 9.97 Å². The Balaban J connectivity index is 1.67. The maximum Gasteiger partial charge on any atom is 0.135 e. The third kappa shape index (κ3) is 3.22. The molecule has 20 heavy (non-hydrogen) atoms. The molecule has 1 aliphatic carbocycles. The lowest BCUT2D eigenvalue weighted by atomic mass is 9.94. The number of nitrogens with one attached hydrogen (secondary N) is 1. The van der Waals surface area contributed by atoms with Crippen LogP contribution in [-0.2, 0) is 9.47 Å². The molecule has 1 aromatic heterocycles. The van der Waals surface area contributed by atoms with Crippen LogP contribution in [0.1, 0.15) is 37.4 Å². The minimum absolute atomic E-state index is 0.171. The van der Waals surface area contributed by atoms with Gasteiger partial charge in [0.1, 0.15) is 16.8 Å². The molecule has 0 atom stereocenters. The molecule has 0 aromatic carbocycles. The van der Waals surface area contributed by atoms with Crippen LogP contribution < -0.4 is 5.32 Å². The summed E-state index contributed by atoms with van der Waals surface area (Å²) in [5.41, 5.74) is -0.171. The van der Waals surface area contributed by atoms with Crippen LogP contribution in [0.25, 0.3) is 0 Å². The Morgan fingerprint density at radius 1 is 1.40 bits per heavy atom. The van der Waals surface area contributed by atoms with Crippen LogP contribution in [-0.4, -0.2) is 42.4 Å². The topological polar surface area (TPSA) is 56.3 Å². The van der Waals surface area contributed by atoms with Crippen LogP contribution in [0.2, 0.25) is 5.15 Å². The highest BCUT2D eigenvalue weighted by Crippen LogP contribution is 2.38. The lowest BCUT2D eigenvalue weighted by molar-refractivity contribution is -0.0807. The first-order chi connectivity index (χ1) is 9.71. The van der Waals surface area contributed by atoms with E-state index in [2.05, 4.69) is 15.3 Å². The third-order valence-corrected chi connectivity index (χ3v) is 4.28. The molecule has 2 aliphatic rings. The standard InChI is InChI=1S/C14H20ClN3O2/c1-19-14(4-6-20-7-5-14)9-16-12-8-11(15)17-13(18-12)10-2-3-10/h8,10H,2-7,9H2,1H3,(H,16,17,18). The van der Waals surface area contributed by atoms with Crippen molar-refractivity contribution in [2.24, 2.45) is 0 Å². The van der Waals surface area contributed by atoms with Gasteiger partial charge >= 0.3 is 0 Å². The molecule has 3 rings (SSSR count). The number of methoxy groups -OCH3 is 1. The van der Waals surface area contributed by atoms with Gasteiger partial charge in [-0.3, -0.25) is 0 Å². The van der Waals surface area contributed by atoms with Crippen LogP contribution in [0, 0.1) is 0 Å². The van der Waals surface area contributed by atoms with E-state index in [-0.39, 0.29) is 5.60 Å². The van der Waals surface area contributed by atoms with Crippen LogP contribution in [0.4, 0.5) is 5.82 Å². The van der Waals surface area contributed by atoms with Crippen molar-refractivity contribution in [1.29, 1.82) is 0 Å². The van der Waals surface area contributed by atoms with Crippen LogP contribution in [0.5, 0.6) is 0 Å². The highest BCUT2D eigenvalue weighted by Gasteiger charge is 2.33. The molecule has 0 amide bonds. The van der Waals surface area contributed by atoms with Crippen LogP contribution >= 0.6 is 11.6 Å². The number of hydrogen-bond donors (Lipinski definition) is 1. The molecule has 110 valence electrons. The van der Waals surface area contributed by atoms with E-state index in [1.165, 1.54) is 12.8 Å². The molecule has 1 aliphatic heterocycles. The second-order valence-corrected chi connectivity index (χ2v) is 5.95. The fourth-order valence-corrected chi connectivity index (χ4v) is 2.69. The molecule has 5 nitrogen and oxygen atoms in total. The van der Waals surface area contributed by atoms with Crippen LogP contribution in [0.15, 0.2) is 6.07 Å². The zero-order valence-corrected chi connectivity index (χ0v) is 12.4. The Morgan fingerprint density at radius 3 is 2.80 bits per heavy atom. The van der Waals surface area contributed by atoms with Crippen LogP contribution in [0.3, 0.4) is 0 Å². The predicted octanol–water partition coefficient (Wildman–Crippen LogP) is 2.61. The van der Waals surface area contributed by atoms with Gasteiger partial charge in [-0.15, -0.1) is 0 Å². The van der Waals surface area contributed by atoms with E-state index in [1.54, 1.807) is 13.2 Å². The summed E-state index contributed by atoms with van der Waals surface area (Å²) in [4.78, 5) is 8.84. The largest absolute Gasteiger partial charge is 0.381 e. The van der Waals surface area contributed by atoms with Gasteiger partial charge in [0.15, 0.2) is 0 Å². The molecular formula is C14H20ClN3O2. The van der Waals surface area contributed by atoms with Crippen molar-refractivity contribution in [3.8, 4) is 0 Å². The molecule has 2 heterocycles. The lowest BCUT2D eigenvalue weighted by Crippen LogP contribution is -2.44. The Kier molecular flexibility index (Phi) is 4.10. The van der Waals surface area contributed by atoms with Gasteiger partial charge < -0.3 is 14.8 Å². The molecule has 1 N–H and O–H groups in total. The third-order valence-electron chi connectivity index (χ3n) is 4.08. The average molecular weight is 298 g/mol. The SMILES string of the molecule is COC1(CNc2cc(Cl)nc(C3CC3)n2)CCOCC1. The van der Waals surface area contributed by atoms with Gasteiger partial charge in [-0.1, -0.05) is 11.6 Å². The first-order valence-electron chi connectivity index (χ1n) is 7.12. The number of ether oxygens (including phenoxy) is 2. The maximum absolute atomic E-state index is 6.07. The normalized spacial score (nSPS) is 21.7. The highest BCUT2D eigenvalue weighted by molar-refractivity contribution is 6.29. The number of nitrogens with zero attached hydrogens (tertiary/aromatic N) is 2. The van der Waals surface area contributed by atoms with Gasteiger partial charge in [0.05, 0.1) is 5.60 Å². The number of rotatable bonds is 5. The molecule has 6 heteroatoms. The Labute approximate surface area is 124 Å². The quantitative estimate of drug-likeness (QED) is 0.847. The maximum atomic E-state index is 6.07. The molecule has 0 spiro atoms. The zero-order chi connectivity index (χ0) is 14.0. The summed E-state index contributed by atoms with van der Waals surface area (Å²) >= 11 is 6.07. The number of anilines is 1. The van der Waals surface area contributed by atoms with E-state index < -0.39 is 0 Å². The monoisotopic (exact) mass is 297 g/mol. The first kappa shape index (κ1) is 14.0. The Bertz CT molecular complexity index is 473. The van der Waals surface area contributed by atoms with E-state index in [0.29, 0.717) is 17.6 Å². The predicted molar refractivity (Wildman–Crippen MR) is 77.3 cm³/mol.